The van der Waals surface area contributed by atoms with E-state index >= 15 is 0 Å². The van der Waals surface area contributed by atoms with Crippen LogP contribution in [0.4, 0.5) is 0 Å². The number of aromatic nitrogens is 3. The summed E-state index contributed by atoms with van der Waals surface area (Å²) in [5.74, 6) is 2.04. The first-order chi connectivity index (χ1) is 11.8. The van der Waals surface area contributed by atoms with Gasteiger partial charge in [-0.2, -0.15) is 5.26 Å². The molecule has 0 unspecified atom stereocenters. The van der Waals surface area contributed by atoms with E-state index in [1.54, 1.807) is 0 Å². The second-order valence-electron chi connectivity index (χ2n) is 6.13. The minimum Gasteiger partial charge on any atom is -0.486 e. The quantitative estimate of drug-likeness (QED) is 0.744. The maximum absolute atomic E-state index is 9.54. The lowest BCUT2D eigenvalue weighted by Crippen LogP contribution is -2.19. The van der Waals surface area contributed by atoms with Crippen molar-refractivity contribution >= 4 is 11.8 Å². The highest BCUT2D eigenvalue weighted by molar-refractivity contribution is 8.00. The minimum atomic E-state index is -0.0453. The number of hydrogen-bond donors (Lipinski definition) is 0. The van der Waals surface area contributed by atoms with Gasteiger partial charge in [0.2, 0.25) is 0 Å². The van der Waals surface area contributed by atoms with E-state index in [-0.39, 0.29) is 5.25 Å². The van der Waals surface area contributed by atoms with Crippen molar-refractivity contribution in [3.05, 3.63) is 36.2 Å². The molecule has 2 aromatic rings. The first kappa shape index (κ1) is 16.8. The Morgan fingerprint density at radius 3 is 2.71 bits per heavy atom. The Hall–Kier alpha value is -2.00. The third kappa shape index (κ3) is 4.09. The molecule has 1 aliphatic rings. The highest BCUT2D eigenvalue weighted by atomic mass is 32.2. The molecule has 1 aliphatic carbocycles. The van der Waals surface area contributed by atoms with Crippen LogP contribution in [0, 0.1) is 17.2 Å². The van der Waals surface area contributed by atoms with Crippen LogP contribution in [0.1, 0.15) is 37.9 Å². The van der Waals surface area contributed by atoms with E-state index in [1.807, 2.05) is 41.9 Å². The topological polar surface area (TPSA) is 63.7 Å². The first-order valence-corrected chi connectivity index (χ1v) is 9.28. The molecule has 0 N–H and O–H groups in total. The van der Waals surface area contributed by atoms with Crippen molar-refractivity contribution < 1.29 is 4.74 Å². The summed E-state index contributed by atoms with van der Waals surface area (Å²) < 4.78 is 7.67. The maximum atomic E-state index is 9.54. The van der Waals surface area contributed by atoms with Crippen molar-refractivity contribution in [2.45, 2.75) is 49.1 Å². The summed E-state index contributed by atoms with van der Waals surface area (Å²) in [4.78, 5) is 0. The second-order valence-corrected chi connectivity index (χ2v) is 7.23. The number of para-hydroxylation sites is 1. The fourth-order valence-electron chi connectivity index (χ4n) is 3.02. The van der Waals surface area contributed by atoms with Crippen molar-refractivity contribution in [2.75, 3.05) is 0 Å². The van der Waals surface area contributed by atoms with Crippen LogP contribution in [0.3, 0.4) is 0 Å². The molecule has 0 amide bonds. The first-order valence-electron chi connectivity index (χ1n) is 8.40. The van der Waals surface area contributed by atoms with E-state index in [0.29, 0.717) is 12.5 Å². The van der Waals surface area contributed by atoms with E-state index in [0.717, 1.165) is 29.6 Å². The summed E-state index contributed by atoms with van der Waals surface area (Å²) in [5, 5.41) is 18.8. The summed E-state index contributed by atoms with van der Waals surface area (Å²) in [5.41, 5.74) is 0. The predicted molar refractivity (Wildman–Crippen MR) is 93.6 cm³/mol. The Morgan fingerprint density at radius 2 is 2.00 bits per heavy atom. The summed E-state index contributed by atoms with van der Waals surface area (Å²) in [6.45, 7) is 0.370. The molecule has 1 aromatic heterocycles. The van der Waals surface area contributed by atoms with Crippen LogP contribution in [0.25, 0.3) is 0 Å². The standard InChI is InChI=1S/C18H22N4OS/c1-22-17(13-23-15-10-6-3-7-11-15)20-21-18(22)24-16(12-19)14-8-4-2-5-9-14/h3,6-7,10-11,14,16H,2,4-5,8-9,13H2,1H3/t16-/m1/s1. The van der Waals surface area contributed by atoms with Gasteiger partial charge in [-0.3, -0.25) is 0 Å². The minimum absolute atomic E-state index is 0.0453. The van der Waals surface area contributed by atoms with Gasteiger partial charge < -0.3 is 9.30 Å². The number of ether oxygens (including phenoxy) is 1. The number of benzene rings is 1. The van der Waals surface area contributed by atoms with Crippen LogP contribution in [-0.4, -0.2) is 20.0 Å². The number of nitrogens with zero attached hydrogens (tertiary/aromatic N) is 4. The fourth-order valence-corrected chi connectivity index (χ4v) is 4.11. The van der Waals surface area contributed by atoms with Gasteiger partial charge in [0.25, 0.3) is 0 Å². The lowest BCUT2D eigenvalue weighted by atomic mass is 9.87. The van der Waals surface area contributed by atoms with E-state index in [4.69, 9.17) is 4.74 Å². The number of nitriles is 1. The molecule has 0 aliphatic heterocycles. The predicted octanol–water partition coefficient (Wildman–Crippen LogP) is 3.96. The molecule has 3 rings (SSSR count). The molecule has 0 bridgehead atoms. The van der Waals surface area contributed by atoms with Gasteiger partial charge in [0.15, 0.2) is 11.0 Å². The molecule has 6 heteroatoms. The number of thioether (sulfide) groups is 1. The molecular weight excluding hydrogens is 320 g/mol. The highest BCUT2D eigenvalue weighted by Gasteiger charge is 2.26. The lowest BCUT2D eigenvalue weighted by Gasteiger charge is -2.24. The zero-order valence-electron chi connectivity index (χ0n) is 13.9. The van der Waals surface area contributed by atoms with Gasteiger partial charge >= 0.3 is 0 Å². The molecule has 1 atom stereocenters. The fraction of sp³-hybridized carbons (Fsp3) is 0.500. The van der Waals surface area contributed by atoms with Gasteiger partial charge in [0.1, 0.15) is 17.6 Å². The van der Waals surface area contributed by atoms with Crippen LogP contribution >= 0.6 is 11.8 Å². The van der Waals surface area contributed by atoms with Crippen LogP contribution in [0.2, 0.25) is 0 Å². The highest BCUT2D eigenvalue weighted by Crippen LogP contribution is 2.35. The molecule has 1 fully saturated rings. The van der Waals surface area contributed by atoms with Crippen LogP contribution < -0.4 is 4.74 Å². The van der Waals surface area contributed by atoms with Crippen molar-refractivity contribution in [1.82, 2.24) is 14.8 Å². The van der Waals surface area contributed by atoms with Crippen LogP contribution in [0.15, 0.2) is 35.5 Å². The molecule has 1 heterocycles. The Morgan fingerprint density at radius 1 is 1.25 bits per heavy atom. The average molecular weight is 342 g/mol. The van der Waals surface area contributed by atoms with E-state index < -0.39 is 0 Å². The Bertz CT molecular complexity index is 689. The SMILES string of the molecule is Cn1c(COc2ccccc2)nnc1S[C@H](C#N)C1CCCCC1. The summed E-state index contributed by atoms with van der Waals surface area (Å²) in [6.07, 6.45) is 6.06. The molecule has 5 nitrogen and oxygen atoms in total. The zero-order valence-corrected chi connectivity index (χ0v) is 14.7. The van der Waals surface area contributed by atoms with Crippen molar-refractivity contribution in [1.29, 1.82) is 5.26 Å². The Kier molecular flexibility index (Phi) is 5.76. The number of hydrogen-bond acceptors (Lipinski definition) is 5. The van der Waals surface area contributed by atoms with Crippen LogP contribution in [-0.2, 0) is 13.7 Å². The molecule has 24 heavy (non-hydrogen) atoms. The molecular formula is C18H22N4OS. The summed E-state index contributed by atoms with van der Waals surface area (Å²) in [6, 6.07) is 12.1. The third-order valence-electron chi connectivity index (χ3n) is 4.47. The lowest BCUT2D eigenvalue weighted by molar-refractivity contribution is 0.290. The zero-order chi connectivity index (χ0) is 16.8. The number of rotatable bonds is 6. The van der Waals surface area contributed by atoms with E-state index in [9.17, 15) is 5.26 Å². The molecule has 0 radical (unpaired) electrons. The molecule has 126 valence electrons. The molecule has 0 spiro atoms. The van der Waals surface area contributed by atoms with Gasteiger partial charge in [0.05, 0.1) is 6.07 Å². The summed E-state index contributed by atoms with van der Waals surface area (Å²) in [7, 11) is 1.93. The van der Waals surface area contributed by atoms with Gasteiger partial charge in [-0.15, -0.1) is 10.2 Å². The van der Waals surface area contributed by atoms with Gasteiger partial charge in [-0.1, -0.05) is 49.2 Å². The van der Waals surface area contributed by atoms with E-state index in [1.165, 1.54) is 31.0 Å². The van der Waals surface area contributed by atoms with E-state index in [2.05, 4.69) is 16.3 Å². The van der Waals surface area contributed by atoms with Crippen molar-refractivity contribution in [2.24, 2.45) is 13.0 Å². The van der Waals surface area contributed by atoms with Crippen molar-refractivity contribution in [3.8, 4) is 11.8 Å². The second kappa shape index (κ2) is 8.20. The smallest absolute Gasteiger partial charge is 0.192 e. The normalized spacial score (nSPS) is 16.5. The average Bonchev–Trinajstić information content (AvgIpc) is 2.99. The van der Waals surface area contributed by atoms with Gasteiger partial charge in [0, 0.05) is 7.05 Å². The molecule has 1 saturated carbocycles. The third-order valence-corrected chi connectivity index (χ3v) is 5.78. The molecule has 1 aromatic carbocycles. The monoisotopic (exact) mass is 342 g/mol. The van der Waals surface area contributed by atoms with Crippen molar-refractivity contribution in [3.63, 3.8) is 0 Å². The van der Waals surface area contributed by atoms with Gasteiger partial charge in [-0.25, -0.2) is 0 Å². The summed E-state index contributed by atoms with van der Waals surface area (Å²) >= 11 is 1.54. The largest absolute Gasteiger partial charge is 0.486 e. The molecule has 0 saturated heterocycles. The van der Waals surface area contributed by atoms with Crippen LogP contribution in [0.5, 0.6) is 5.75 Å². The Labute approximate surface area is 147 Å². The maximum Gasteiger partial charge on any atom is 0.192 e. The Balaban J connectivity index is 1.62. The van der Waals surface area contributed by atoms with Gasteiger partial charge in [-0.05, 0) is 30.9 Å².